The van der Waals surface area contributed by atoms with Gasteiger partial charge >= 0.3 is 0 Å². The van der Waals surface area contributed by atoms with Crippen LogP contribution in [0.25, 0.3) is 0 Å². The molecule has 176 valence electrons. The predicted molar refractivity (Wildman–Crippen MR) is 125 cm³/mol. The summed E-state index contributed by atoms with van der Waals surface area (Å²) in [5.41, 5.74) is 2.32. The van der Waals surface area contributed by atoms with Crippen LogP contribution < -0.4 is 15.0 Å². The van der Waals surface area contributed by atoms with E-state index in [4.69, 9.17) is 4.74 Å². The topological polar surface area (TPSA) is 96.0 Å². The molecule has 0 radical (unpaired) electrons. The van der Waals surface area contributed by atoms with Crippen LogP contribution in [0, 0.1) is 0 Å². The number of nitrogens with one attached hydrogen (secondary N) is 1. The Labute approximate surface area is 194 Å². The van der Waals surface area contributed by atoms with E-state index in [9.17, 15) is 18.0 Å². The first-order chi connectivity index (χ1) is 15.8. The number of carbonyl (C=O) groups excluding carboxylic acids is 2. The Bertz CT molecular complexity index is 1160. The molecule has 0 saturated carbocycles. The van der Waals surface area contributed by atoms with Crippen LogP contribution in [-0.4, -0.2) is 57.3 Å². The Hall–Kier alpha value is -2.91. The van der Waals surface area contributed by atoms with Crippen molar-refractivity contribution in [2.45, 2.75) is 43.5 Å². The fraction of sp³-hybridized carbons (Fsp3) is 0.417. The highest BCUT2D eigenvalue weighted by Crippen LogP contribution is 2.35. The predicted octanol–water partition coefficient (Wildman–Crippen LogP) is 2.12. The minimum Gasteiger partial charge on any atom is -0.497 e. The molecule has 0 spiro atoms. The number of benzene rings is 2. The normalized spacial score (nSPS) is 18.2. The lowest BCUT2D eigenvalue weighted by Gasteiger charge is -2.23. The number of fused-ring (bicyclic) bond motifs is 1. The zero-order valence-electron chi connectivity index (χ0n) is 18.9. The van der Waals surface area contributed by atoms with Crippen molar-refractivity contribution in [3.8, 4) is 5.75 Å². The lowest BCUT2D eigenvalue weighted by Crippen LogP contribution is -2.47. The van der Waals surface area contributed by atoms with Gasteiger partial charge in [0.1, 0.15) is 11.8 Å². The number of carbonyl (C=O) groups is 2. The van der Waals surface area contributed by atoms with Gasteiger partial charge in [-0.3, -0.25) is 14.5 Å². The molecule has 0 bridgehead atoms. The maximum atomic E-state index is 13.0. The smallest absolute Gasteiger partial charge is 0.243 e. The van der Waals surface area contributed by atoms with Crippen molar-refractivity contribution < 1.29 is 22.7 Å². The summed E-state index contributed by atoms with van der Waals surface area (Å²) in [6.45, 7) is 2.88. The molecule has 0 aromatic heterocycles. The molecule has 2 aliphatic rings. The molecule has 8 nitrogen and oxygen atoms in total. The van der Waals surface area contributed by atoms with Crippen molar-refractivity contribution in [3.63, 3.8) is 0 Å². The van der Waals surface area contributed by atoms with E-state index in [0.29, 0.717) is 37.3 Å². The Morgan fingerprint density at radius 3 is 2.58 bits per heavy atom. The zero-order valence-corrected chi connectivity index (χ0v) is 19.7. The third-order valence-electron chi connectivity index (χ3n) is 6.23. The molecule has 1 saturated heterocycles. The van der Waals surface area contributed by atoms with Crippen molar-refractivity contribution >= 4 is 27.5 Å². The first-order valence-electron chi connectivity index (χ1n) is 11.1. The van der Waals surface area contributed by atoms with Crippen LogP contribution in [0.5, 0.6) is 5.75 Å². The van der Waals surface area contributed by atoms with Gasteiger partial charge in [0.2, 0.25) is 21.8 Å². The van der Waals surface area contributed by atoms with E-state index in [1.165, 1.54) is 22.2 Å². The van der Waals surface area contributed by atoms with Crippen LogP contribution in [0.4, 0.5) is 5.69 Å². The van der Waals surface area contributed by atoms with E-state index in [1.807, 2.05) is 24.3 Å². The van der Waals surface area contributed by atoms with Gasteiger partial charge < -0.3 is 10.1 Å². The molecule has 1 fully saturated rings. The van der Waals surface area contributed by atoms with Gasteiger partial charge in [-0.05, 0) is 60.7 Å². The fourth-order valence-electron chi connectivity index (χ4n) is 4.54. The summed E-state index contributed by atoms with van der Waals surface area (Å²) >= 11 is 0. The minimum atomic E-state index is -3.57. The molecule has 9 heteroatoms. The Morgan fingerprint density at radius 2 is 1.88 bits per heavy atom. The lowest BCUT2D eigenvalue weighted by molar-refractivity contribution is -0.125. The number of rotatable bonds is 7. The second kappa shape index (κ2) is 9.52. The highest BCUT2D eigenvalue weighted by atomic mass is 32.2. The number of sulfonamides is 1. The van der Waals surface area contributed by atoms with Crippen LogP contribution in [0.15, 0.2) is 47.4 Å². The van der Waals surface area contributed by atoms with Crippen LogP contribution in [0.2, 0.25) is 0 Å². The molecule has 2 aromatic rings. The second-order valence-electron chi connectivity index (χ2n) is 8.40. The van der Waals surface area contributed by atoms with Crippen LogP contribution >= 0.6 is 0 Å². The number of ether oxygens (including phenoxy) is 1. The molecule has 2 aliphatic heterocycles. The molecule has 1 N–H and O–H groups in total. The maximum Gasteiger partial charge on any atom is 0.243 e. The number of hydrogen-bond acceptors (Lipinski definition) is 5. The van der Waals surface area contributed by atoms with E-state index < -0.39 is 16.1 Å². The zero-order chi connectivity index (χ0) is 23.6. The number of hydrogen-bond donors (Lipinski definition) is 1. The molecule has 1 atom stereocenters. The highest BCUT2D eigenvalue weighted by molar-refractivity contribution is 7.89. The second-order valence-corrected chi connectivity index (χ2v) is 10.3. The number of nitrogens with zero attached hydrogens (tertiary/aromatic N) is 2. The van der Waals surface area contributed by atoms with Crippen molar-refractivity contribution in [1.29, 1.82) is 0 Å². The van der Waals surface area contributed by atoms with E-state index >= 15 is 0 Å². The molecule has 0 unspecified atom stereocenters. The molecule has 33 heavy (non-hydrogen) atoms. The van der Waals surface area contributed by atoms with Crippen molar-refractivity contribution in [3.05, 3.63) is 53.6 Å². The lowest BCUT2D eigenvalue weighted by atomic mass is 10.1. The van der Waals surface area contributed by atoms with Crippen molar-refractivity contribution in [1.82, 2.24) is 9.62 Å². The van der Waals surface area contributed by atoms with Crippen LogP contribution in [-0.2, 0) is 32.5 Å². The fourth-order valence-corrected chi connectivity index (χ4v) is 6.11. The van der Waals surface area contributed by atoms with E-state index in [-0.39, 0.29) is 23.1 Å². The summed E-state index contributed by atoms with van der Waals surface area (Å²) in [7, 11) is -1.96. The first kappa shape index (κ1) is 23.3. The number of amides is 2. The van der Waals surface area contributed by atoms with E-state index in [1.54, 1.807) is 19.2 Å². The van der Waals surface area contributed by atoms with Gasteiger partial charge in [-0.25, -0.2) is 8.42 Å². The highest BCUT2D eigenvalue weighted by Gasteiger charge is 2.38. The van der Waals surface area contributed by atoms with Gasteiger partial charge in [0.05, 0.1) is 12.0 Å². The summed E-state index contributed by atoms with van der Waals surface area (Å²) in [4.78, 5) is 27.0. The Balaban J connectivity index is 1.47. The average Bonchev–Trinajstić information content (AvgIpc) is 3.47. The summed E-state index contributed by atoms with van der Waals surface area (Å²) in [5, 5.41) is 2.92. The molecular formula is C24H29N3O5S. The molecule has 0 aliphatic carbocycles. The molecule has 4 rings (SSSR count). The van der Waals surface area contributed by atoms with Crippen molar-refractivity contribution in [2.24, 2.45) is 0 Å². The first-order valence-corrected chi connectivity index (χ1v) is 12.6. The SMILES string of the molecule is COc1cccc(CCNC(=O)[C@H]2Cc3cc(S(=O)(=O)N4CCCC4)ccc3N2C(C)=O)c1. The van der Waals surface area contributed by atoms with Crippen LogP contribution in [0.1, 0.15) is 30.9 Å². The average molecular weight is 472 g/mol. The van der Waals surface area contributed by atoms with E-state index in [0.717, 1.165) is 24.2 Å². The maximum absolute atomic E-state index is 13.0. The third kappa shape index (κ3) is 4.74. The summed E-state index contributed by atoms with van der Waals surface area (Å²) < 4.78 is 32.6. The largest absolute Gasteiger partial charge is 0.497 e. The molecule has 2 amide bonds. The van der Waals surface area contributed by atoms with Crippen molar-refractivity contribution in [2.75, 3.05) is 31.6 Å². The standard InChI is InChI=1S/C24H29N3O5S/c1-17(28)27-22-9-8-21(33(30,31)26-12-3-4-13-26)15-19(22)16-23(27)24(29)25-11-10-18-6-5-7-20(14-18)32-2/h5-9,14-15,23H,3-4,10-13,16H2,1-2H3,(H,25,29)/t23-/m1/s1. The van der Waals surface area contributed by atoms with Gasteiger partial charge in [-0.1, -0.05) is 12.1 Å². The van der Waals surface area contributed by atoms with Gasteiger partial charge in [0.25, 0.3) is 0 Å². The molecule has 2 heterocycles. The Kier molecular flexibility index (Phi) is 6.71. The van der Waals surface area contributed by atoms with Crippen LogP contribution in [0.3, 0.4) is 0 Å². The van der Waals surface area contributed by atoms with Gasteiger partial charge in [0, 0.05) is 38.7 Å². The van der Waals surface area contributed by atoms with Gasteiger partial charge in [-0.2, -0.15) is 4.31 Å². The monoisotopic (exact) mass is 471 g/mol. The Morgan fingerprint density at radius 1 is 1.12 bits per heavy atom. The number of methoxy groups -OCH3 is 1. The summed E-state index contributed by atoms with van der Waals surface area (Å²) in [5.74, 6) is 0.248. The summed E-state index contributed by atoms with van der Waals surface area (Å²) in [6.07, 6.45) is 2.63. The van der Waals surface area contributed by atoms with Gasteiger partial charge in [0.15, 0.2) is 0 Å². The molecular weight excluding hydrogens is 442 g/mol. The third-order valence-corrected chi connectivity index (χ3v) is 8.12. The molecule has 2 aromatic carbocycles. The van der Waals surface area contributed by atoms with E-state index in [2.05, 4.69) is 5.32 Å². The van der Waals surface area contributed by atoms with Gasteiger partial charge in [-0.15, -0.1) is 0 Å². The minimum absolute atomic E-state index is 0.214. The summed E-state index contributed by atoms with van der Waals surface area (Å²) in [6, 6.07) is 11.7. The quantitative estimate of drug-likeness (QED) is 0.667. The number of anilines is 1.